The summed E-state index contributed by atoms with van der Waals surface area (Å²) in [6.45, 7) is 0.670. The Labute approximate surface area is 108 Å². The molecule has 0 spiro atoms. The number of aromatic nitrogens is 1. The number of nitrogens with zero attached hydrogens (tertiary/aromatic N) is 1. The molecule has 0 saturated carbocycles. The molecule has 1 heterocycles. The highest BCUT2D eigenvalue weighted by Crippen LogP contribution is 2.17. The maximum absolute atomic E-state index is 6.05. The first-order valence-electron chi connectivity index (χ1n) is 4.85. The average Bonchev–Trinajstić information content (AvgIpc) is 2.28. The largest absolute Gasteiger partial charge is 0.366 e. The number of nitrogens with one attached hydrogen (secondary N) is 1. The van der Waals surface area contributed by atoms with Crippen molar-refractivity contribution in [3.63, 3.8) is 0 Å². The molecule has 0 bridgehead atoms. The molecule has 16 heavy (non-hydrogen) atoms. The van der Waals surface area contributed by atoms with Crippen molar-refractivity contribution in [2.75, 3.05) is 5.32 Å². The van der Waals surface area contributed by atoms with Crippen LogP contribution in [0.3, 0.4) is 0 Å². The van der Waals surface area contributed by atoms with Gasteiger partial charge in [-0.05, 0) is 39.7 Å². The van der Waals surface area contributed by atoms with E-state index in [9.17, 15) is 0 Å². The highest BCUT2D eigenvalue weighted by Gasteiger charge is 1.99. The van der Waals surface area contributed by atoms with Crippen molar-refractivity contribution in [1.29, 1.82) is 0 Å². The van der Waals surface area contributed by atoms with E-state index < -0.39 is 0 Å². The minimum atomic E-state index is 0.670. The SMILES string of the molecule is Clc1ccccc1CNc1cccc(Br)n1. The lowest BCUT2D eigenvalue weighted by molar-refractivity contribution is 1.10. The lowest BCUT2D eigenvalue weighted by Gasteiger charge is -2.07. The minimum Gasteiger partial charge on any atom is -0.366 e. The van der Waals surface area contributed by atoms with Gasteiger partial charge in [-0.2, -0.15) is 0 Å². The van der Waals surface area contributed by atoms with E-state index in [1.165, 1.54) is 0 Å². The van der Waals surface area contributed by atoms with Gasteiger partial charge >= 0.3 is 0 Å². The van der Waals surface area contributed by atoms with Crippen LogP contribution in [0.2, 0.25) is 5.02 Å². The van der Waals surface area contributed by atoms with E-state index in [1.807, 2.05) is 42.5 Å². The van der Waals surface area contributed by atoms with Gasteiger partial charge in [0.1, 0.15) is 10.4 Å². The van der Waals surface area contributed by atoms with Gasteiger partial charge in [0.05, 0.1) is 0 Å². The Balaban J connectivity index is 2.05. The molecule has 0 aliphatic carbocycles. The molecule has 82 valence electrons. The van der Waals surface area contributed by atoms with Gasteiger partial charge < -0.3 is 5.32 Å². The average molecular weight is 298 g/mol. The first-order chi connectivity index (χ1) is 7.75. The number of pyridine rings is 1. The summed E-state index contributed by atoms with van der Waals surface area (Å²) in [7, 11) is 0. The Morgan fingerprint density at radius 1 is 1.12 bits per heavy atom. The van der Waals surface area contributed by atoms with Gasteiger partial charge in [0.2, 0.25) is 0 Å². The molecule has 0 fully saturated rings. The third-order valence-electron chi connectivity index (χ3n) is 2.13. The lowest BCUT2D eigenvalue weighted by Crippen LogP contribution is -2.01. The van der Waals surface area contributed by atoms with E-state index in [1.54, 1.807) is 0 Å². The van der Waals surface area contributed by atoms with Crippen molar-refractivity contribution in [3.8, 4) is 0 Å². The van der Waals surface area contributed by atoms with Crippen LogP contribution in [0.25, 0.3) is 0 Å². The number of benzene rings is 1. The number of halogens is 2. The molecule has 2 rings (SSSR count). The number of hydrogen-bond donors (Lipinski definition) is 1. The fourth-order valence-electron chi connectivity index (χ4n) is 1.33. The van der Waals surface area contributed by atoms with E-state index >= 15 is 0 Å². The van der Waals surface area contributed by atoms with Crippen molar-refractivity contribution in [3.05, 3.63) is 57.7 Å². The van der Waals surface area contributed by atoms with E-state index in [-0.39, 0.29) is 0 Å². The van der Waals surface area contributed by atoms with Crippen LogP contribution in [0.5, 0.6) is 0 Å². The smallest absolute Gasteiger partial charge is 0.127 e. The molecule has 0 radical (unpaired) electrons. The molecule has 1 aromatic carbocycles. The summed E-state index contributed by atoms with van der Waals surface area (Å²) >= 11 is 9.38. The molecular weight excluding hydrogens is 288 g/mol. The summed E-state index contributed by atoms with van der Waals surface area (Å²) < 4.78 is 0.816. The van der Waals surface area contributed by atoms with Gasteiger partial charge in [-0.1, -0.05) is 35.9 Å². The highest BCUT2D eigenvalue weighted by atomic mass is 79.9. The fourth-order valence-corrected chi connectivity index (χ4v) is 1.88. The molecule has 1 N–H and O–H groups in total. The molecule has 2 nitrogen and oxygen atoms in total. The third-order valence-corrected chi connectivity index (χ3v) is 2.94. The van der Waals surface area contributed by atoms with Crippen LogP contribution < -0.4 is 5.32 Å². The fraction of sp³-hybridized carbons (Fsp3) is 0.0833. The van der Waals surface area contributed by atoms with Crippen molar-refractivity contribution in [1.82, 2.24) is 4.98 Å². The molecule has 4 heteroatoms. The zero-order chi connectivity index (χ0) is 11.4. The second kappa shape index (κ2) is 5.32. The Kier molecular flexibility index (Phi) is 3.80. The monoisotopic (exact) mass is 296 g/mol. The second-order valence-corrected chi connectivity index (χ2v) is 4.51. The maximum Gasteiger partial charge on any atom is 0.127 e. The van der Waals surface area contributed by atoms with Crippen LogP contribution in [0, 0.1) is 0 Å². The van der Waals surface area contributed by atoms with E-state index in [2.05, 4.69) is 26.2 Å². The zero-order valence-electron chi connectivity index (χ0n) is 8.45. The van der Waals surface area contributed by atoms with Crippen LogP contribution in [0.4, 0.5) is 5.82 Å². The zero-order valence-corrected chi connectivity index (χ0v) is 10.8. The van der Waals surface area contributed by atoms with Gasteiger partial charge in [0.25, 0.3) is 0 Å². The van der Waals surface area contributed by atoms with Crippen LogP contribution in [-0.4, -0.2) is 4.98 Å². The predicted molar refractivity (Wildman–Crippen MR) is 70.7 cm³/mol. The first kappa shape index (κ1) is 11.4. The number of anilines is 1. The van der Waals surface area contributed by atoms with Crippen LogP contribution in [0.1, 0.15) is 5.56 Å². The van der Waals surface area contributed by atoms with Gasteiger partial charge in [0.15, 0.2) is 0 Å². The summed E-state index contributed by atoms with van der Waals surface area (Å²) in [6, 6.07) is 13.5. The molecule has 0 aliphatic rings. The number of rotatable bonds is 3. The quantitative estimate of drug-likeness (QED) is 0.862. The van der Waals surface area contributed by atoms with Gasteiger partial charge in [-0.3, -0.25) is 0 Å². The van der Waals surface area contributed by atoms with Crippen molar-refractivity contribution < 1.29 is 0 Å². The summed E-state index contributed by atoms with van der Waals surface area (Å²) in [6.07, 6.45) is 0. The maximum atomic E-state index is 6.05. The third kappa shape index (κ3) is 2.97. The topological polar surface area (TPSA) is 24.9 Å². The van der Waals surface area contributed by atoms with Crippen molar-refractivity contribution in [2.45, 2.75) is 6.54 Å². The van der Waals surface area contributed by atoms with Gasteiger partial charge in [-0.25, -0.2) is 4.98 Å². The van der Waals surface area contributed by atoms with Crippen LogP contribution >= 0.6 is 27.5 Å². The second-order valence-electron chi connectivity index (χ2n) is 3.29. The van der Waals surface area contributed by atoms with Crippen LogP contribution in [0.15, 0.2) is 47.1 Å². The van der Waals surface area contributed by atoms with E-state index in [4.69, 9.17) is 11.6 Å². The Morgan fingerprint density at radius 3 is 2.69 bits per heavy atom. The van der Waals surface area contributed by atoms with Crippen LogP contribution in [-0.2, 0) is 6.54 Å². The summed E-state index contributed by atoms with van der Waals surface area (Å²) in [5.74, 6) is 0.828. The lowest BCUT2D eigenvalue weighted by atomic mass is 10.2. The van der Waals surface area contributed by atoms with Crippen molar-refractivity contribution in [2.24, 2.45) is 0 Å². The summed E-state index contributed by atoms with van der Waals surface area (Å²) in [5.41, 5.74) is 1.06. The molecule has 0 unspecified atom stereocenters. The molecular formula is C12H10BrClN2. The minimum absolute atomic E-state index is 0.670. The Hall–Kier alpha value is -1.06. The molecule has 0 saturated heterocycles. The van der Waals surface area contributed by atoms with E-state index in [0.717, 1.165) is 21.0 Å². The highest BCUT2D eigenvalue weighted by molar-refractivity contribution is 9.10. The van der Waals surface area contributed by atoms with E-state index in [0.29, 0.717) is 6.54 Å². The molecule has 2 aromatic rings. The Morgan fingerprint density at radius 2 is 1.94 bits per heavy atom. The standard InChI is InChI=1S/C12H10BrClN2/c13-11-6-3-7-12(16-11)15-8-9-4-1-2-5-10(9)14/h1-7H,8H2,(H,15,16). The summed E-state index contributed by atoms with van der Waals surface area (Å²) in [5, 5.41) is 3.99. The molecule has 0 amide bonds. The molecule has 0 aliphatic heterocycles. The molecule has 1 aromatic heterocycles. The first-order valence-corrected chi connectivity index (χ1v) is 6.02. The molecule has 0 atom stereocenters. The number of hydrogen-bond acceptors (Lipinski definition) is 2. The van der Waals surface area contributed by atoms with Gasteiger partial charge in [0, 0.05) is 11.6 Å². The summed E-state index contributed by atoms with van der Waals surface area (Å²) in [4.78, 5) is 4.28. The van der Waals surface area contributed by atoms with Crippen molar-refractivity contribution >= 4 is 33.3 Å². The predicted octanol–water partition coefficient (Wildman–Crippen LogP) is 4.11. The normalized spacial score (nSPS) is 10.1. The van der Waals surface area contributed by atoms with Gasteiger partial charge in [-0.15, -0.1) is 0 Å². The Bertz CT molecular complexity index is 488.